The molecule has 0 saturated carbocycles. The Bertz CT molecular complexity index is 4590. The van der Waals surface area contributed by atoms with Gasteiger partial charge in [-0.1, -0.05) is 199 Å². The molecule has 86 heavy (non-hydrogen) atoms. The zero-order chi connectivity index (χ0) is 59.3. The summed E-state index contributed by atoms with van der Waals surface area (Å²) >= 11 is 7.57. The van der Waals surface area contributed by atoms with Crippen LogP contribution in [0.2, 0.25) is 0 Å². The van der Waals surface area contributed by atoms with Gasteiger partial charge in [-0.2, -0.15) is 0 Å². The largest absolute Gasteiger partial charge is 2.00 e. The monoisotopic (exact) mass is 1230 g/mol. The average molecular weight is 1230 g/mol. The number of anilines is 3. The number of aliphatic carboxylic acids is 1. The molecule has 0 aliphatic carbocycles. The molecule has 420 valence electrons. The molecule has 0 radical (unpaired) electrons. The van der Waals surface area contributed by atoms with Crippen LogP contribution in [0.25, 0.3) is 79.6 Å². The summed E-state index contributed by atoms with van der Waals surface area (Å²) in [5, 5.41) is 9.77. The second kappa shape index (κ2) is 23.9. The number of aromatic nitrogens is 5. The van der Waals surface area contributed by atoms with E-state index in [1.165, 1.54) is 16.0 Å². The molecular formula is C71H57N7O4S3Zn. The number of thioether (sulfide) groups is 1. The van der Waals surface area contributed by atoms with Gasteiger partial charge in [0.2, 0.25) is 0 Å². The molecular weight excluding hydrogens is 1180 g/mol. The van der Waals surface area contributed by atoms with Crippen LogP contribution >= 0.6 is 35.3 Å². The van der Waals surface area contributed by atoms with Crippen molar-refractivity contribution in [3.05, 3.63) is 228 Å². The first-order chi connectivity index (χ1) is 40.9. The Morgan fingerprint density at radius 1 is 0.640 bits per heavy atom. The molecule has 0 unspecified atom stereocenters. The number of benzene rings is 5. The molecule has 3 aliphatic rings. The van der Waals surface area contributed by atoms with Gasteiger partial charge >= 0.3 is 25.4 Å². The third kappa shape index (κ3) is 11.7. The minimum atomic E-state index is -1.20. The van der Waals surface area contributed by atoms with Gasteiger partial charge < -0.3 is 20.0 Å². The van der Waals surface area contributed by atoms with Crippen molar-refractivity contribution in [2.24, 2.45) is 0 Å². The molecule has 9 aromatic rings. The average Bonchev–Trinajstić information content (AvgIpc) is 2.85. The number of fused-ring (bicyclic) bond motifs is 8. The summed E-state index contributed by atoms with van der Waals surface area (Å²) in [6, 6.07) is 53.6. The second-order valence-corrected chi connectivity index (χ2v) is 25.5. The van der Waals surface area contributed by atoms with Gasteiger partial charge in [0, 0.05) is 29.0 Å². The van der Waals surface area contributed by atoms with Gasteiger partial charge in [-0.25, -0.2) is 9.97 Å². The number of carbonyl (C=O) groups is 2. The van der Waals surface area contributed by atoms with E-state index in [1.807, 2.05) is 91.9 Å². The first-order valence-electron chi connectivity index (χ1n) is 27.9. The van der Waals surface area contributed by atoms with Gasteiger partial charge in [0.15, 0.2) is 0 Å². The van der Waals surface area contributed by atoms with E-state index in [1.54, 1.807) is 6.08 Å². The number of carboxylic acid groups (broad SMARTS) is 1. The Kier molecular flexibility index (Phi) is 16.4. The maximum absolute atomic E-state index is 13.8. The molecule has 4 aromatic heterocycles. The van der Waals surface area contributed by atoms with Crippen molar-refractivity contribution in [3.8, 4) is 34.1 Å². The van der Waals surface area contributed by atoms with Crippen molar-refractivity contribution in [2.45, 2.75) is 65.8 Å². The normalized spacial score (nSPS) is 13.9. The fourth-order valence-corrected chi connectivity index (χ4v) is 13.2. The van der Waals surface area contributed by atoms with Crippen molar-refractivity contribution in [2.75, 3.05) is 11.4 Å². The number of thiazole rings is 1. The fourth-order valence-electron chi connectivity index (χ4n) is 10.6. The van der Waals surface area contributed by atoms with Crippen molar-refractivity contribution in [3.63, 3.8) is 0 Å². The third-order valence-corrected chi connectivity index (χ3v) is 17.7. The Morgan fingerprint density at radius 2 is 1.14 bits per heavy atom. The Balaban J connectivity index is 0.00000768. The molecule has 1 saturated heterocycles. The van der Waals surface area contributed by atoms with Crippen LogP contribution in [0.4, 0.5) is 17.1 Å². The van der Waals surface area contributed by atoms with Gasteiger partial charge in [-0.15, -0.1) is 33.4 Å². The first-order valence-corrected chi connectivity index (χ1v) is 30.0. The van der Waals surface area contributed by atoms with Crippen LogP contribution in [-0.2, 0) is 46.4 Å². The topological polar surface area (TPSA) is 137 Å². The SMILES string of the molecule is CCN1C(=O)/C(=c2\sc(=Cc3ccc(C#Cc4c5nc(c(-c6ccccc6)c6ccc([n-]6)c(N(c6ccc(C(C)(C)C)cc6)c6ccc(C(C)(C)C)cc6)c6nc(c(-c7ccccc7)c7ccc4[n-]7)C=C6)C=C5)cc3)c(=O)n2CC(=O)O)SC1=S.[Zn+2]. The Labute approximate surface area is 525 Å². The molecule has 0 spiro atoms. The molecule has 8 bridgehead atoms. The van der Waals surface area contributed by atoms with Gasteiger partial charge in [-0.05, 0) is 123 Å². The van der Waals surface area contributed by atoms with Gasteiger partial charge in [0.25, 0.3) is 11.5 Å². The standard InChI is InChI=1S/C71H59N7O4S3.Zn/c1-8-76-67(82)65(85-69(76)83)68-77(42-61(79)80)66(81)60(84-68)41-44-21-19-43(20-22-44)23-32-51-52-33-35-54(72-52)62(45-15-11-9-12-16-45)56-37-39-58(74-56)64(59-40-38-57(75-59)63(46-17-13-10-14-18-46)55-36-34-53(51)73-55)78(49-28-24-47(25-29-49)70(2,3)4)50-30-26-48(27-31-50)71(5,6)7;/h9-22,24-31,33-41H,8,42H2,1-7H3,(H3,72,73,74,75,79,80,81);/q;+2/p-2/b52-51?,53-51?,62-54?,62-56?,63-55?,63-57?,64-58?,64-59?,68-65+;. The predicted molar refractivity (Wildman–Crippen MR) is 352 cm³/mol. The van der Waals surface area contributed by atoms with E-state index in [0.29, 0.717) is 50.0 Å². The maximum atomic E-state index is 13.8. The molecule has 1 amide bonds. The molecule has 0 atom stereocenters. The first kappa shape index (κ1) is 59.0. The number of hydrogen-bond donors (Lipinski definition) is 1. The number of amides is 1. The number of hydrogen-bond acceptors (Lipinski definition) is 9. The molecule has 1 fully saturated rings. The Hall–Kier alpha value is -8.77. The smallest absolute Gasteiger partial charge is 0.656 e. The summed E-state index contributed by atoms with van der Waals surface area (Å²) in [7, 11) is 0. The Morgan fingerprint density at radius 3 is 1.66 bits per heavy atom. The summed E-state index contributed by atoms with van der Waals surface area (Å²) < 4.78 is 2.03. The molecule has 1 N–H and O–H groups in total. The number of rotatable bonds is 9. The molecule has 15 heteroatoms. The predicted octanol–water partition coefficient (Wildman–Crippen LogP) is 13.8. The van der Waals surface area contributed by atoms with E-state index in [9.17, 15) is 19.5 Å². The van der Waals surface area contributed by atoms with Gasteiger partial charge in [0.05, 0.1) is 33.0 Å². The summed E-state index contributed by atoms with van der Waals surface area (Å²) in [4.78, 5) is 65.0. The van der Waals surface area contributed by atoms with Gasteiger partial charge in [0.1, 0.15) is 20.4 Å². The minimum Gasteiger partial charge on any atom is -0.656 e. The van der Waals surface area contributed by atoms with E-state index in [-0.39, 0.29) is 50.3 Å². The fraction of sp³-hybridized carbons (Fsp3) is 0.155. The van der Waals surface area contributed by atoms with Crippen LogP contribution in [0.3, 0.4) is 0 Å². The van der Waals surface area contributed by atoms with E-state index < -0.39 is 18.1 Å². The summed E-state index contributed by atoms with van der Waals surface area (Å²) in [5.74, 6) is 5.32. The quantitative estimate of drug-likeness (QED) is 0.0840. The summed E-state index contributed by atoms with van der Waals surface area (Å²) in [5.41, 5.74) is 15.7. The minimum absolute atomic E-state index is 0. The van der Waals surface area contributed by atoms with Crippen LogP contribution in [0.15, 0.2) is 163 Å². The number of nitrogens with zero attached hydrogens (tertiary/aromatic N) is 7. The van der Waals surface area contributed by atoms with Gasteiger partial charge in [-0.3, -0.25) is 23.9 Å². The molecule has 12 rings (SSSR count). The van der Waals surface area contributed by atoms with E-state index in [0.717, 1.165) is 89.4 Å². The van der Waals surface area contributed by atoms with Crippen molar-refractivity contribution >= 4 is 126 Å². The summed E-state index contributed by atoms with van der Waals surface area (Å²) in [6.07, 6.45) is 9.85. The van der Waals surface area contributed by atoms with Crippen LogP contribution in [0.5, 0.6) is 0 Å². The number of thiocarbonyl (C=S) groups is 1. The zero-order valence-corrected chi connectivity index (χ0v) is 54.0. The molecule has 11 nitrogen and oxygen atoms in total. The van der Waals surface area contributed by atoms with E-state index in [2.05, 4.69) is 155 Å². The molecule has 3 aliphatic heterocycles. The van der Waals surface area contributed by atoms with E-state index >= 15 is 0 Å². The van der Waals surface area contributed by atoms with Crippen LogP contribution < -0.4 is 29.6 Å². The van der Waals surface area contributed by atoms with Crippen molar-refractivity contribution in [1.29, 1.82) is 0 Å². The molecule has 7 heterocycles. The van der Waals surface area contributed by atoms with Crippen molar-refractivity contribution < 1.29 is 34.2 Å². The summed E-state index contributed by atoms with van der Waals surface area (Å²) in [6.45, 7) is 14.9. The number of carboxylic acids is 1. The van der Waals surface area contributed by atoms with E-state index in [4.69, 9.17) is 32.2 Å². The zero-order valence-electron chi connectivity index (χ0n) is 48.5. The maximum Gasteiger partial charge on any atom is 2.00 e. The van der Waals surface area contributed by atoms with Crippen LogP contribution in [-0.4, -0.2) is 47.3 Å². The third-order valence-electron chi connectivity index (χ3n) is 15.0. The number of carbonyl (C=O) groups excluding carboxylic acids is 1. The van der Waals surface area contributed by atoms with Crippen LogP contribution in [0.1, 0.15) is 99.1 Å². The second-order valence-electron chi connectivity index (χ2n) is 22.8. The van der Waals surface area contributed by atoms with Crippen LogP contribution in [0, 0.1) is 11.8 Å². The molecule has 5 aromatic carbocycles. The van der Waals surface area contributed by atoms with Crippen molar-refractivity contribution in [1.82, 2.24) is 29.4 Å².